The minimum atomic E-state index is -3.68. The summed E-state index contributed by atoms with van der Waals surface area (Å²) in [5.41, 5.74) is 7.00. The summed E-state index contributed by atoms with van der Waals surface area (Å²) in [5, 5.41) is 0. The third-order valence-electron chi connectivity index (χ3n) is 3.25. The number of hydrogen-bond acceptors (Lipinski definition) is 3. The molecule has 0 aromatic heterocycles. The lowest BCUT2D eigenvalue weighted by atomic mass is 10.1. The SMILES string of the molecule is CC(N)c1ccc(S(=O)(=O)N(C)c2ccc(F)cc2)cc1. The molecule has 2 rings (SSSR count). The summed E-state index contributed by atoms with van der Waals surface area (Å²) in [7, 11) is -2.24. The summed E-state index contributed by atoms with van der Waals surface area (Å²) in [6.45, 7) is 1.83. The van der Waals surface area contributed by atoms with Crippen LogP contribution in [0.4, 0.5) is 10.1 Å². The smallest absolute Gasteiger partial charge is 0.264 e. The van der Waals surface area contributed by atoms with Gasteiger partial charge in [0.05, 0.1) is 10.6 Å². The van der Waals surface area contributed by atoms with Crippen LogP contribution >= 0.6 is 0 Å². The number of sulfonamides is 1. The quantitative estimate of drug-likeness (QED) is 0.944. The molecule has 0 aliphatic carbocycles. The zero-order chi connectivity index (χ0) is 15.6. The predicted molar refractivity (Wildman–Crippen MR) is 81.0 cm³/mol. The first kappa shape index (κ1) is 15.5. The fourth-order valence-corrected chi connectivity index (χ4v) is 3.09. The van der Waals surface area contributed by atoms with Gasteiger partial charge in [-0.05, 0) is 48.9 Å². The highest BCUT2D eigenvalue weighted by atomic mass is 32.2. The van der Waals surface area contributed by atoms with Crippen molar-refractivity contribution in [1.82, 2.24) is 0 Å². The standard InChI is InChI=1S/C15H17FN2O2S/c1-11(17)12-3-9-15(10-4-12)21(19,20)18(2)14-7-5-13(16)6-8-14/h3-11H,17H2,1-2H3. The molecule has 0 saturated heterocycles. The van der Waals surface area contributed by atoms with Gasteiger partial charge in [0.25, 0.3) is 10.0 Å². The van der Waals surface area contributed by atoms with Crippen LogP contribution in [0, 0.1) is 5.82 Å². The zero-order valence-corrected chi connectivity index (χ0v) is 12.6. The summed E-state index contributed by atoms with van der Waals surface area (Å²) < 4.78 is 39.0. The summed E-state index contributed by atoms with van der Waals surface area (Å²) >= 11 is 0. The lowest BCUT2D eigenvalue weighted by Gasteiger charge is -2.19. The Bertz CT molecular complexity index is 710. The van der Waals surface area contributed by atoms with Crippen LogP contribution in [0.2, 0.25) is 0 Å². The molecule has 6 heteroatoms. The van der Waals surface area contributed by atoms with Crippen molar-refractivity contribution in [3.8, 4) is 0 Å². The van der Waals surface area contributed by atoms with Gasteiger partial charge in [0, 0.05) is 13.1 Å². The third-order valence-corrected chi connectivity index (χ3v) is 5.05. The van der Waals surface area contributed by atoms with Crippen molar-refractivity contribution in [2.75, 3.05) is 11.4 Å². The van der Waals surface area contributed by atoms with Gasteiger partial charge in [0.15, 0.2) is 0 Å². The average molecular weight is 308 g/mol. The molecule has 0 heterocycles. The molecule has 2 aromatic rings. The van der Waals surface area contributed by atoms with Gasteiger partial charge < -0.3 is 5.73 Å². The van der Waals surface area contributed by atoms with E-state index in [-0.39, 0.29) is 10.9 Å². The van der Waals surface area contributed by atoms with E-state index >= 15 is 0 Å². The Morgan fingerprint density at radius 1 is 1.05 bits per heavy atom. The van der Waals surface area contributed by atoms with Gasteiger partial charge in [-0.2, -0.15) is 0 Å². The Labute approximate surface area is 124 Å². The molecule has 0 amide bonds. The van der Waals surface area contributed by atoms with E-state index in [1.807, 2.05) is 6.92 Å². The van der Waals surface area contributed by atoms with Gasteiger partial charge >= 0.3 is 0 Å². The molecule has 112 valence electrons. The van der Waals surface area contributed by atoms with Crippen LogP contribution in [-0.4, -0.2) is 15.5 Å². The van der Waals surface area contributed by atoms with Crippen molar-refractivity contribution >= 4 is 15.7 Å². The van der Waals surface area contributed by atoms with Crippen LogP contribution in [0.15, 0.2) is 53.4 Å². The van der Waals surface area contributed by atoms with E-state index in [0.29, 0.717) is 5.69 Å². The van der Waals surface area contributed by atoms with E-state index in [9.17, 15) is 12.8 Å². The second-order valence-electron chi connectivity index (χ2n) is 4.81. The molecule has 0 bridgehead atoms. The van der Waals surface area contributed by atoms with Gasteiger partial charge in [-0.1, -0.05) is 12.1 Å². The van der Waals surface area contributed by atoms with Gasteiger partial charge in [-0.3, -0.25) is 4.31 Å². The molecule has 4 nitrogen and oxygen atoms in total. The molecule has 0 saturated carbocycles. The lowest BCUT2D eigenvalue weighted by molar-refractivity contribution is 0.594. The summed E-state index contributed by atoms with van der Waals surface area (Å²) in [5.74, 6) is -0.411. The van der Waals surface area contributed by atoms with Crippen molar-refractivity contribution in [1.29, 1.82) is 0 Å². The minimum Gasteiger partial charge on any atom is -0.324 e. The van der Waals surface area contributed by atoms with E-state index in [4.69, 9.17) is 5.73 Å². The highest BCUT2D eigenvalue weighted by molar-refractivity contribution is 7.92. The Hall–Kier alpha value is -1.92. The third kappa shape index (κ3) is 3.22. The van der Waals surface area contributed by atoms with Crippen molar-refractivity contribution in [3.05, 3.63) is 59.9 Å². The molecule has 0 aliphatic heterocycles. The Morgan fingerprint density at radius 2 is 1.57 bits per heavy atom. The monoisotopic (exact) mass is 308 g/mol. The number of anilines is 1. The normalized spacial score (nSPS) is 13.0. The fraction of sp³-hybridized carbons (Fsp3) is 0.200. The van der Waals surface area contributed by atoms with Crippen molar-refractivity contribution < 1.29 is 12.8 Å². The first-order valence-corrected chi connectivity index (χ1v) is 7.86. The van der Waals surface area contributed by atoms with E-state index in [0.717, 1.165) is 9.87 Å². The number of nitrogens with zero attached hydrogens (tertiary/aromatic N) is 1. The van der Waals surface area contributed by atoms with Crippen molar-refractivity contribution in [2.45, 2.75) is 17.9 Å². The fourth-order valence-electron chi connectivity index (χ4n) is 1.89. The first-order chi connectivity index (χ1) is 9.82. The highest BCUT2D eigenvalue weighted by Crippen LogP contribution is 2.23. The summed E-state index contributed by atoms with van der Waals surface area (Å²) in [6.07, 6.45) is 0. The second kappa shape index (κ2) is 5.83. The molecular weight excluding hydrogens is 291 g/mol. The van der Waals surface area contributed by atoms with Gasteiger partial charge in [-0.15, -0.1) is 0 Å². The van der Waals surface area contributed by atoms with Crippen LogP contribution < -0.4 is 10.0 Å². The molecule has 0 spiro atoms. The average Bonchev–Trinajstić information content (AvgIpc) is 2.47. The molecule has 21 heavy (non-hydrogen) atoms. The van der Waals surface area contributed by atoms with Gasteiger partial charge in [0.1, 0.15) is 5.82 Å². The summed E-state index contributed by atoms with van der Waals surface area (Å²) in [6, 6.07) is 11.6. The van der Waals surface area contributed by atoms with Gasteiger partial charge in [0.2, 0.25) is 0 Å². The van der Waals surface area contributed by atoms with Crippen LogP contribution in [0.25, 0.3) is 0 Å². The molecular formula is C15H17FN2O2S. The Kier molecular flexibility index (Phi) is 4.29. The zero-order valence-electron chi connectivity index (χ0n) is 11.8. The van der Waals surface area contributed by atoms with Crippen LogP contribution in [0.1, 0.15) is 18.5 Å². The van der Waals surface area contributed by atoms with E-state index < -0.39 is 15.8 Å². The Morgan fingerprint density at radius 3 is 2.05 bits per heavy atom. The maximum atomic E-state index is 12.9. The Balaban J connectivity index is 2.34. The largest absolute Gasteiger partial charge is 0.324 e. The minimum absolute atomic E-state index is 0.156. The molecule has 1 unspecified atom stereocenters. The lowest BCUT2D eigenvalue weighted by Crippen LogP contribution is -2.26. The molecule has 1 atom stereocenters. The molecule has 0 radical (unpaired) electrons. The molecule has 0 aliphatic rings. The molecule has 2 aromatic carbocycles. The second-order valence-corrected chi connectivity index (χ2v) is 6.78. The number of rotatable bonds is 4. The number of hydrogen-bond donors (Lipinski definition) is 1. The number of nitrogens with two attached hydrogens (primary N) is 1. The topological polar surface area (TPSA) is 63.4 Å². The van der Waals surface area contributed by atoms with Crippen molar-refractivity contribution in [3.63, 3.8) is 0 Å². The van der Waals surface area contributed by atoms with Gasteiger partial charge in [-0.25, -0.2) is 12.8 Å². The van der Waals surface area contributed by atoms with E-state index in [1.165, 1.54) is 43.4 Å². The number of benzene rings is 2. The van der Waals surface area contributed by atoms with E-state index in [2.05, 4.69) is 0 Å². The maximum absolute atomic E-state index is 12.9. The maximum Gasteiger partial charge on any atom is 0.264 e. The van der Waals surface area contributed by atoms with Crippen LogP contribution in [0.5, 0.6) is 0 Å². The van der Waals surface area contributed by atoms with Crippen LogP contribution in [0.3, 0.4) is 0 Å². The van der Waals surface area contributed by atoms with E-state index in [1.54, 1.807) is 12.1 Å². The first-order valence-electron chi connectivity index (χ1n) is 6.42. The molecule has 2 N–H and O–H groups in total. The van der Waals surface area contributed by atoms with Crippen LogP contribution in [-0.2, 0) is 10.0 Å². The van der Waals surface area contributed by atoms with Crippen molar-refractivity contribution in [2.24, 2.45) is 5.73 Å². The summed E-state index contributed by atoms with van der Waals surface area (Å²) in [4.78, 5) is 0.165. The highest BCUT2D eigenvalue weighted by Gasteiger charge is 2.21. The number of halogens is 1. The molecule has 0 fully saturated rings. The predicted octanol–water partition coefficient (Wildman–Crippen LogP) is 2.67.